The number of hydrogen-bond donors (Lipinski definition) is 2. The molecule has 0 radical (unpaired) electrons. The predicted octanol–water partition coefficient (Wildman–Crippen LogP) is 1.94. The van der Waals surface area contributed by atoms with Crippen LogP contribution in [0.5, 0.6) is 0 Å². The Morgan fingerprint density at radius 1 is 1.17 bits per heavy atom. The van der Waals surface area contributed by atoms with E-state index in [4.69, 9.17) is 0 Å². The number of guanidine groups is 1. The van der Waals surface area contributed by atoms with Crippen LogP contribution in [0.2, 0.25) is 0 Å². The van der Waals surface area contributed by atoms with Crippen molar-refractivity contribution in [1.82, 2.24) is 19.9 Å². The maximum atomic E-state index is 12.0. The molecular formula is C21H36N6O2S. The van der Waals surface area contributed by atoms with E-state index < -0.39 is 10.0 Å². The van der Waals surface area contributed by atoms with Crippen LogP contribution in [0.25, 0.3) is 0 Å². The molecule has 9 heteroatoms. The highest BCUT2D eigenvalue weighted by molar-refractivity contribution is 7.89. The van der Waals surface area contributed by atoms with Gasteiger partial charge in [0, 0.05) is 52.0 Å². The first kappa shape index (κ1) is 22.8. The van der Waals surface area contributed by atoms with Crippen molar-refractivity contribution in [3.05, 3.63) is 23.9 Å². The van der Waals surface area contributed by atoms with Gasteiger partial charge in [-0.2, -0.15) is 0 Å². The summed E-state index contributed by atoms with van der Waals surface area (Å²) in [5, 5.41) is 6.83. The molecule has 2 saturated heterocycles. The molecule has 0 aliphatic carbocycles. The molecule has 1 aromatic rings. The minimum absolute atomic E-state index is 0.166. The number of nitrogens with one attached hydrogen (secondary N) is 2. The average Bonchev–Trinajstić information content (AvgIpc) is 3.07. The molecule has 168 valence electrons. The predicted molar refractivity (Wildman–Crippen MR) is 122 cm³/mol. The van der Waals surface area contributed by atoms with Gasteiger partial charge in [-0.3, -0.25) is 4.99 Å². The van der Waals surface area contributed by atoms with Crippen molar-refractivity contribution in [3.63, 3.8) is 0 Å². The van der Waals surface area contributed by atoms with Crippen LogP contribution in [0.15, 0.2) is 23.3 Å². The van der Waals surface area contributed by atoms with Crippen molar-refractivity contribution in [2.75, 3.05) is 43.9 Å². The Bertz CT molecular complexity index is 797. The number of aromatic nitrogens is 1. The first-order valence-electron chi connectivity index (χ1n) is 11.2. The fourth-order valence-electron chi connectivity index (χ4n) is 4.08. The number of pyridine rings is 1. The van der Waals surface area contributed by atoms with E-state index in [1.807, 2.05) is 12.3 Å². The van der Waals surface area contributed by atoms with Crippen LogP contribution in [0.1, 0.15) is 51.0 Å². The van der Waals surface area contributed by atoms with E-state index in [1.165, 1.54) is 31.2 Å². The summed E-state index contributed by atoms with van der Waals surface area (Å²) in [6.45, 7) is 5.66. The highest BCUT2D eigenvalue weighted by atomic mass is 32.2. The van der Waals surface area contributed by atoms with Crippen LogP contribution < -0.4 is 15.5 Å². The second kappa shape index (κ2) is 10.9. The van der Waals surface area contributed by atoms with Crippen molar-refractivity contribution in [1.29, 1.82) is 0 Å². The maximum absolute atomic E-state index is 12.0. The van der Waals surface area contributed by atoms with Gasteiger partial charge >= 0.3 is 0 Å². The molecule has 0 spiro atoms. The lowest BCUT2D eigenvalue weighted by Gasteiger charge is -2.32. The average molecular weight is 437 g/mol. The van der Waals surface area contributed by atoms with E-state index in [-0.39, 0.29) is 11.8 Å². The zero-order valence-corrected chi connectivity index (χ0v) is 19.1. The number of nitrogens with zero attached hydrogens (tertiary/aromatic N) is 4. The van der Waals surface area contributed by atoms with Gasteiger partial charge < -0.3 is 15.5 Å². The second-order valence-corrected chi connectivity index (χ2v) is 10.3. The van der Waals surface area contributed by atoms with Gasteiger partial charge in [0.05, 0.1) is 5.75 Å². The monoisotopic (exact) mass is 436 g/mol. The summed E-state index contributed by atoms with van der Waals surface area (Å²) >= 11 is 0. The lowest BCUT2D eigenvalue weighted by molar-refractivity contribution is 0.306. The van der Waals surface area contributed by atoms with Crippen LogP contribution >= 0.6 is 0 Å². The Balaban J connectivity index is 1.49. The minimum Gasteiger partial charge on any atom is -0.357 e. The van der Waals surface area contributed by atoms with Crippen molar-refractivity contribution in [2.24, 2.45) is 4.99 Å². The zero-order chi connectivity index (χ0) is 21.4. The number of anilines is 1. The van der Waals surface area contributed by atoms with Gasteiger partial charge in [0.2, 0.25) is 10.0 Å². The van der Waals surface area contributed by atoms with E-state index in [1.54, 1.807) is 18.3 Å². The SMILES string of the molecule is CCS(=O)(=O)N1CCC(NC(=NC)NCc2ccnc(N3CCCCCC3)c2)CC1. The van der Waals surface area contributed by atoms with E-state index in [0.717, 1.165) is 37.7 Å². The number of sulfonamides is 1. The molecule has 2 fully saturated rings. The van der Waals surface area contributed by atoms with Gasteiger partial charge in [0.1, 0.15) is 5.82 Å². The maximum Gasteiger partial charge on any atom is 0.213 e. The second-order valence-electron chi connectivity index (χ2n) is 8.07. The third-order valence-electron chi connectivity index (χ3n) is 5.98. The quantitative estimate of drug-likeness (QED) is 0.523. The highest BCUT2D eigenvalue weighted by Gasteiger charge is 2.27. The molecular weight excluding hydrogens is 400 g/mol. The Hall–Kier alpha value is -1.87. The molecule has 0 atom stereocenters. The summed E-state index contributed by atoms with van der Waals surface area (Å²) < 4.78 is 25.6. The Kier molecular flexibility index (Phi) is 8.32. The summed E-state index contributed by atoms with van der Waals surface area (Å²) in [4.78, 5) is 11.3. The van der Waals surface area contributed by atoms with Crippen LogP contribution in [-0.4, -0.2) is 68.7 Å². The minimum atomic E-state index is -3.09. The Morgan fingerprint density at radius 2 is 1.87 bits per heavy atom. The van der Waals surface area contributed by atoms with E-state index in [0.29, 0.717) is 19.6 Å². The highest BCUT2D eigenvalue weighted by Crippen LogP contribution is 2.18. The van der Waals surface area contributed by atoms with Crippen LogP contribution in [0.3, 0.4) is 0 Å². The molecule has 0 amide bonds. The molecule has 0 aromatic carbocycles. The van der Waals surface area contributed by atoms with Gasteiger partial charge in [-0.1, -0.05) is 12.8 Å². The smallest absolute Gasteiger partial charge is 0.213 e. The van der Waals surface area contributed by atoms with Crippen molar-refractivity contribution >= 4 is 21.8 Å². The molecule has 8 nitrogen and oxygen atoms in total. The van der Waals surface area contributed by atoms with Crippen LogP contribution in [0, 0.1) is 0 Å². The Morgan fingerprint density at radius 3 is 2.50 bits per heavy atom. The summed E-state index contributed by atoms with van der Waals surface area (Å²) in [7, 11) is -1.33. The normalized spacial score (nSPS) is 20.1. The van der Waals surface area contributed by atoms with Crippen molar-refractivity contribution < 1.29 is 8.42 Å². The van der Waals surface area contributed by atoms with E-state index in [9.17, 15) is 8.42 Å². The summed E-state index contributed by atoms with van der Waals surface area (Å²) in [5.74, 6) is 1.98. The number of hydrogen-bond acceptors (Lipinski definition) is 5. The van der Waals surface area contributed by atoms with Gasteiger partial charge in [-0.15, -0.1) is 0 Å². The molecule has 3 rings (SSSR count). The lowest BCUT2D eigenvalue weighted by Crippen LogP contribution is -2.49. The Labute approximate surface area is 181 Å². The number of rotatable bonds is 6. The standard InChI is InChI=1S/C21H36N6O2S/c1-3-30(28,29)27-14-9-19(10-15-27)25-21(22-2)24-17-18-8-11-23-20(16-18)26-12-6-4-5-7-13-26/h8,11,16,19H,3-7,9-10,12-15,17H2,1-2H3,(H2,22,24,25). The molecule has 1 aromatic heterocycles. The molecule has 0 saturated carbocycles. The largest absolute Gasteiger partial charge is 0.357 e. The van der Waals surface area contributed by atoms with E-state index in [2.05, 4.69) is 31.6 Å². The van der Waals surface area contributed by atoms with Gasteiger partial charge in [-0.05, 0) is 50.3 Å². The molecule has 0 unspecified atom stereocenters. The van der Waals surface area contributed by atoms with Crippen molar-refractivity contribution in [3.8, 4) is 0 Å². The summed E-state index contributed by atoms with van der Waals surface area (Å²) in [5.41, 5.74) is 1.18. The molecule has 2 aliphatic heterocycles. The first-order chi connectivity index (χ1) is 14.5. The fraction of sp³-hybridized carbons (Fsp3) is 0.714. The number of piperidine rings is 1. The lowest BCUT2D eigenvalue weighted by atomic mass is 10.1. The van der Waals surface area contributed by atoms with Gasteiger partial charge in [0.25, 0.3) is 0 Å². The van der Waals surface area contributed by atoms with Crippen LogP contribution in [-0.2, 0) is 16.6 Å². The van der Waals surface area contributed by atoms with Gasteiger partial charge in [-0.25, -0.2) is 17.7 Å². The topological polar surface area (TPSA) is 89.9 Å². The fourth-order valence-corrected chi connectivity index (χ4v) is 5.21. The molecule has 2 aliphatic rings. The van der Waals surface area contributed by atoms with Gasteiger partial charge in [0.15, 0.2) is 5.96 Å². The third-order valence-corrected chi connectivity index (χ3v) is 7.86. The molecule has 2 N–H and O–H groups in total. The van der Waals surface area contributed by atoms with E-state index >= 15 is 0 Å². The molecule has 30 heavy (non-hydrogen) atoms. The zero-order valence-electron chi connectivity index (χ0n) is 18.3. The molecule has 3 heterocycles. The van der Waals surface area contributed by atoms with Crippen molar-refractivity contribution in [2.45, 2.75) is 58.0 Å². The molecule has 0 bridgehead atoms. The summed E-state index contributed by atoms with van der Waals surface area (Å²) in [6, 6.07) is 4.43. The number of aliphatic imine (C=N–C) groups is 1. The summed E-state index contributed by atoms with van der Waals surface area (Å²) in [6.07, 6.45) is 8.55. The third kappa shape index (κ3) is 6.31. The van der Waals surface area contributed by atoms with Crippen LogP contribution in [0.4, 0.5) is 5.82 Å². The first-order valence-corrected chi connectivity index (χ1v) is 12.8.